The van der Waals surface area contributed by atoms with Gasteiger partial charge in [0, 0.05) is 18.1 Å². The van der Waals surface area contributed by atoms with Crippen LogP contribution in [0.1, 0.15) is 32.1 Å². The van der Waals surface area contributed by atoms with Crippen LogP contribution >= 0.6 is 31.9 Å². The molecular weight excluding hydrogens is 406 g/mol. The zero-order chi connectivity index (χ0) is 15.4. The van der Waals surface area contributed by atoms with Gasteiger partial charge in [-0.25, -0.2) is 0 Å². The highest BCUT2D eigenvalue weighted by Gasteiger charge is 2.22. The number of benzene rings is 1. The molecule has 5 nitrogen and oxygen atoms in total. The van der Waals surface area contributed by atoms with Gasteiger partial charge in [0.05, 0.1) is 13.9 Å². The summed E-state index contributed by atoms with van der Waals surface area (Å²) in [7, 11) is 0. The fraction of sp³-hybridized carbons (Fsp3) is 0.500. The predicted octanol–water partition coefficient (Wildman–Crippen LogP) is 4.65. The Balaban J connectivity index is 2.02. The quantitative estimate of drug-likeness (QED) is 0.513. The summed E-state index contributed by atoms with van der Waals surface area (Å²) in [4.78, 5) is 22.4. The SMILES string of the molecule is O=C(COc1c(Br)cc([N+](=O)[O-])cc1Br)C1CCCCC1. The molecule has 0 bridgehead atoms. The Morgan fingerprint density at radius 1 is 1.24 bits per heavy atom. The van der Waals surface area contributed by atoms with Crippen LogP contribution in [0.5, 0.6) is 5.75 Å². The number of nitro benzene ring substituents is 1. The minimum atomic E-state index is -0.480. The normalized spacial score (nSPS) is 15.7. The second-order valence-electron chi connectivity index (χ2n) is 5.09. The molecule has 1 aromatic carbocycles. The molecule has 0 atom stereocenters. The number of hydrogen-bond acceptors (Lipinski definition) is 4. The Hall–Kier alpha value is -0.950. The maximum absolute atomic E-state index is 12.1. The van der Waals surface area contributed by atoms with E-state index in [0.717, 1.165) is 25.7 Å². The second kappa shape index (κ2) is 7.35. The summed E-state index contributed by atoms with van der Waals surface area (Å²) >= 11 is 6.48. The molecule has 2 rings (SSSR count). The number of carbonyl (C=O) groups is 1. The number of nitro groups is 1. The third-order valence-electron chi connectivity index (χ3n) is 3.61. The zero-order valence-electron chi connectivity index (χ0n) is 11.3. The van der Waals surface area contributed by atoms with Crippen molar-refractivity contribution in [1.29, 1.82) is 0 Å². The lowest BCUT2D eigenvalue weighted by atomic mass is 9.86. The number of halogens is 2. The highest BCUT2D eigenvalue weighted by atomic mass is 79.9. The van der Waals surface area contributed by atoms with Crippen LogP contribution in [-0.4, -0.2) is 17.3 Å². The Bertz CT molecular complexity index is 533. The van der Waals surface area contributed by atoms with Gasteiger partial charge in [-0.05, 0) is 44.7 Å². The lowest BCUT2D eigenvalue weighted by Crippen LogP contribution is -2.23. The molecule has 1 aromatic rings. The molecule has 1 aliphatic rings. The van der Waals surface area contributed by atoms with Gasteiger partial charge in [-0.1, -0.05) is 19.3 Å². The van der Waals surface area contributed by atoms with Crippen LogP contribution in [0.15, 0.2) is 21.1 Å². The van der Waals surface area contributed by atoms with E-state index in [-0.39, 0.29) is 24.0 Å². The minimum absolute atomic E-state index is 0.000320. The number of ketones is 1. The molecular formula is C14H15Br2NO4. The summed E-state index contributed by atoms with van der Waals surface area (Å²) in [5.41, 5.74) is -0.0419. The molecule has 0 amide bonds. The average molecular weight is 421 g/mol. The predicted molar refractivity (Wildman–Crippen MR) is 85.6 cm³/mol. The lowest BCUT2D eigenvalue weighted by Gasteiger charge is -2.20. The topological polar surface area (TPSA) is 69.4 Å². The molecule has 0 aromatic heterocycles. The molecule has 0 unspecified atom stereocenters. The Kier molecular flexibility index (Phi) is 5.75. The van der Waals surface area contributed by atoms with Crippen molar-refractivity contribution in [2.75, 3.05) is 6.61 Å². The standard InChI is InChI=1S/C14H15Br2NO4/c15-11-6-10(17(19)20)7-12(16)14(11)21-8-13(18)9-4-2-1-3-5-9/h6-7,9H,1-5,8H2. The molecule has 7 heteroatoms. The summed E-state index contributed by atoms with van der Waals surface area (Å²) in [6, 6.07) is 2.73. The second-order valence-corrected chi connectivity index (χ2v) is 6.79. The monoisotopic (exact) mass is 419 g/mol. The van der Waals surface area contributed by atoms with Gasteiger partial charge >= 0.3 is 0 Å². The smallest absolute Gasteiger partial charge is 0.271 e. The molecule has 114 valence electrons. The summed E-state index contributed by atoms with van der Waals surface area (Å²) in [6.45, 7) is -0.000320. The molecule has 0 saturated heterocycles. The molecule has 0 N–H and O–H groups in total. The van der Waals surface area contributed by atoms with Crippen molar-refractivity contribution in [2.24, 2.45) is 5.92 Å². The van der Waals surface area contributed by atoms with Crippen LogP contribution in [-0.2, 0) is 4.79 Å². The maximum Gasteiger partial charge on any atom is 0.271 e. The largest absolute Gasteiger partial charge is 0.483 e. The molecule has 21 heavy (non-hydrogen) atoms. The van der Waals surface area contributed by atoms with Gasteiger partial charge in [0.25, 0.3) is 5.69 Å². The van der Waals surface area contributed by atoms with Crippen molar-refractivity contribution in [3.8, 4) is 5.75 Å². The fourth-order valence-corrected chi connectivity index (χ4v) is 3.87. The van der Waals surface area contributed by atoms with Gasteiger partial charge in [0.2, 0.25) is 0 Å². The van der Waals surface area contributed by atoms with E-state index in [1.54, 1.807) is 0 Å². The number of rotatable bonds is 5. The van der Waals surface area contributed by atoms with Crippen LogP contribution < -0.4 is 4.74 Å². The van der Waals surface area contributed by atoms with Crippen LogP contribution in [0.4, 0.5) is 5.69 Å². The van der Waals surface area contributed by atoms with E-state index in [2.05, 4.69) is 31.9 Å². The number of ether oxygens (including phenoxy) is 1. The van der Waals surface area contributed by atoms with E-state index in [0.29, 0.717) is 14.7 Å². The van der Waals surface area contributed by atoms with E-state index in [4.69, 9.17) is 4.74 Å². The molecule has 1 fully saturated rings. The van der Waals surface area contributed by atoms with Gasteiger partial charge < -0.3 is 4.74 Å². The Morgan fingerprint density at radius 2 is 1.81 bits per heavy atom. The van der Waals surface area contributed by atoms with Crippen LogP contribution in [0.2, 0.25) is 0 Å². The first kappa shape index (κ1) is 16.4. The van der Waals surface area contributed by atoms with Crippen LogP contribution in [0.3, 0.4) is 0 Å². The number of nitrogens with zero attached hydrogens (tertiary/aromatic N) is 1. The first-order valence-electron chi connectivity index (χ1n) is 6.78. The third kappa shape index (κ3) is 4.26. The maximum atomic E-state index is 12.1. The van der Waals surface area contributed by atoms with Crippen molar-refractivity contribution in [3.05, 3.63) is 31.2 Å². The van der Waals surface area contributed by atoms with Crippen LogP contribution in [0.25, 0.3) is 0 Å². The van der Waals surface area contributed by atoms with Gasteiger partial charge in [-0.3, -0.25) is 14.9 Å². The van der Waals surface area contributed by atoms with Crippen molar-refractivity contribution in [2.45, 2.75) is 32.1 Å². The van der Waals surface area contributed by atoms with E-state index < -0.39 is 4.92 Å². The molecule has 0 radical (unpaired) electrons. The molecule has 0 heterocycles. The summed E-state index contributed by atoms with van der Waals surface area (Å²) in [5.74, 6) is 0.617. The van der Waals surface area contributed by atoms with E-state index in [1.165, 1.54) is 18.6 Å². The summed E-state index contributed by atoms with van der Waals surface area (Å²) in [5, 5.41) is 10.8. The first-order valence-corrected chi connectivity index (χ1v) is 8.36. The number of hydrogen-bond donors (Lipinski definition) is 0. The highest BCUT2D eigenvalue weighted by molar-refractivity contribution is 9.11. The van der Waals surface area contributed by atoms with Gasteiger partial charge in [-0.15, -0.1) is 0 Å². The third-order valence-corrected chi connectivity index (χ3v) is 4.79. The number of Topliss-reactive ketones (excluding diaryl/α,β-unsaturated/α-hetero) is 1. The zero-order valence-corrected chi connectivity index (χ0v) is 14.5. The van der Waals surface area contributed by atoms with Crippen molar-refractivity contribution in [1.82, 2.24) is 0 Å². The van der Waals surface area contributed by atoms with Gasteiger partial charge in [0.15, 0.2) is 5.78 Å². The summed E-state index contributed by atoms with van der Waals surface area (Å²) < 4.78 is 6.47. The summed E-state index contributed by atoms with van der Waals surface area (Å²) in [6.07, 6.45) is 5.27. The first-order chi connectivity index (χ1) is 9.99. The van der Waals surface area contributed by atoms with E-state index in [9.17, 15) is 14.9 Å². The Labute approximate surface area is 139 Å². The Morgan fingerprint density at radius 3 is 2.33 bits per heavy atom. The number of carbonyl (C=O) groups excluding carboxylic acids is 1. The van der Waals surface area contributed by atoms with Gasteiger partial charge in [0.1, 0.15) is 12.4 Å². The highest BCUT2D eigenvalue weighted by Crippen LogP contribution is 2.37. The van der Waals surface area contributed by atoms with E-state index >= 15 is 0 Å². The van der Waals surface area contributed by atoms with Crippen molar-refractivity contribution in [3.63, 3.8) is 0 Å². The molecule has 1 saturated carbocycles. The average Bonchev–Trinajstić information content (AvgIpc) is 2.46. The number of non-ortho nitro benzene ring substituents is 1. The van der Waals surface area contributed by atoms with Crippen molar-refractivity contribution < 1.29 is 14.5 Å². The molecule has 0 aliphatic heterocycles. The molecule has 1 aliphatic carbocycles. The fourth-order valence-electron chi connectivity index (χ4n) is 2.48. The van der Waals surface area contributed by atoms with Gasteiger partial charge in [-0.2, -0.15) is 0 Å². The van der Waals surface area contributed by atoms with E-state index in [1.807, 2.05) is 0 Å². The minimum Gasteiger partial charge on any atom is -0.483 e. The van der Waals surface area contributed by atoms with Crippen LogP contribution in [0, 0.1) is 16.0 Å². The van der Waals surface area contributed by atoms with Crippen molar-refractivity contribution >= 4 is 43.3 Å². The lowest BCUT2D eigenvalue weighted by molar-refractivity contribution is -0.385. The molecule has 0 spiro atoms.